The maximum Gasteiger partial charge on any atom is 0.0159 e. The van der Waals surface area contributed by atoms with Crippen molar-refractivity contribution in [2.45, 2.75) is 19.3 Å². The average Bonchev–Trinajstić information content (AvgIpc) is 3.29. The van der Waals surface area contributed by atoms with Crippen LogP contribution in [0.1, 0.15) is 25.0 Å². The third-order valence-electron chi connectivity index (χ3n) is 9.84. The molecule has 43 heavy (non-hydrogen) atoms. The van der Waals surface area contributed by atoms with Crippen LogP contribution in [0.3, 0.4) is 0 Å². The van der Waals surface area contributed by atoms with Crippen molar-refractivity contribution in [3.63, 3.8) is 0 Å². The van der Waals surface area contributed by atoms with E-state index in [0.717, 1.165) is 0 Å². The van der Waals surface area contributed by atoms with Crippen molar-refractivity contribution < 1.29 is 0 Å². The lowest BCUT2D eigenvalue weighted by Gasteiger charge is -2.22. The average molecular weight is 547 g/mol. The Morgan fingerprint density at radius 1 is 0.349 bits per heavy atom. The quantitative estimate of drug-likeness (QED) is 0.189. The maximum absolute atomic E-state index is 2.42. The van der Waals surface area contributed by atoms with Gasteiger partial charge < -0.3 is 0 Å². The van der Waals surface area contributed by atoms with Crippen LogP contribution >= 0.6 is 0 Å². The number of hydrogen-bond acceptors (Lipinski definition) is 0. The minimum atomic E-state index is -0.00554. The van der Waals surface area contributed by atoms with Gasteiger partial charge in [0.2, 0.25) is 0 Å². The molecular formula is C43H30. The number of benzene rings is 8. The summed E-state index contributed by atoms with van der Waals surface area (Å²) in [5.74, 6) is 0. The van der Waals surface area contributed by atoms with Crippen molar-refractivity contribution in [3.05, 3.63) is 157 Å². The molecule has 8 aromatic rings. The van der Waals surface area contributed by atoms with Crippen molar-refractivity contribution in [2.75, 3.05) is 0 Å². The van der Waals surface area contributed by atoms with Gasteiger partial charge in [-0.2, -0.15) is 0 Å². The van der Waals surface area contributed by atoms with Crippen LogP contribution in [0.4, 0.5) is 0 Å². The first-order valence-corrected chi connectivity index (χ1v) is 15.2. The number of rotatable bonds is 2. The van der Waals surface area contributed by atoms with Gasteiger partial charge in [0.05, 0.1) is 0 Å². The molecule has 0 saturated heterocycles. The predicted molar refractivity (Wildman–Crippen MR) is 185 cm³/mol. The third kappa shape index (κ3) is 3.50. The molecule has 0 aliphatic heterocycles. The second-order valence-electron chi connectivity index (χ2n) is 12.5. The van der Waals surface area contributed by atoms with Crippen LogP contribution < -0.4 is 0 Å². The molecule has 202 valence electrons. The van der Waals surface area contributed by atoms with Crippen LogP contribution in [0.2, 0.25) is 0 Å². The minimum absolute atomic E-state index is 0.00554. The molecular weight excluding hydrogens is 516 g/mol. The molecule has 1 aliphatic carbocycles. The normalized spacial score (nSPS) is 13.5. The van der Waals surface area contributed by atoms with Crippen molar-refractivity contribution in [2.24, 2.45) is 0 Å². The Bertz CT molecular complexity index is 2420. The zero-order valence-corrected chi connectivity index (χ0v) is 24.4. The minimum Gasteiger partial charge on any atom is -0.0619 e. The van der Waals surface area contributed by atoms with Gasteiger partial charge in [0.25, 0.3) is 0 Å². The Morgan fingerprint density at radius 3 is 1.91 bits per heavy atom. The second kappa shape index (κ2) is 8.90. The molecule has 0 spiro atoms. The van der Waals surface area contributed by atoms with Crippen LogP contribution in [-0.2, 0) is 5.41 Å². The molecule has 0 fully saturated rings. The van der Waals surface area contributed by atoms with Crippen LogP contribution in [-0.4, -0.2) is 0 Å². The molecule has 0 bridgehead atoms. The molecule has 0 N–H and O–H groups in total. The van der Waals surface area contributed by atoms with E-state index in [2.05, 4.69) is 159 Å². The Balaban J connectivity index is 1.22. The van der Waals surface area contributed by atoms with Gasteiger partial charge in [-0.15, -0.1) is 0 Å². The van der Waals surface area contributed by atoms with E-state index in [1.807, 2.05) is 0 Å². The molecule has 0 aromatic heterocycles. The highest BCUT2D eigenvalue weighted by atomic mass is 14.4. The second-order valence-corrected chi connectivity index (χ2v) is 12.5. The summed E-state index contributed by atoms with van der Waals surface area (Å²) in [7, 11) is 0. The maximum atomic E-state index is 2.42. The summed E-state index contributed by atoms with van der Waals surface area (Å²) < 4.78 is 0. The van der Waals surface area contributed by atoms with Gasteiger partial charge >= 0.3 is 0 Å². The Kier molecular flexibility index (Phi) is 5.05. The molecule has 0 unspecified atom stereocenters. The smallest absolute Gasteiger partial charge is 0.0159 e. The van der Waals surface area contributed by atoms with Gasteiger partial charge in [0.1, 0.15) is 0 Å². The highest BCUT2D eigenvalue weighted by Gasteiger charge is 2.35. The summed E-state index contributed by atoms with van der Waals surface area (Å²) in [6, 6.07) is 54.2. The largest absolute Gasteiger partial charge is 0.0619 e. The van der Waals surface area contributed by atoms with Crippen LogP contribution in [0.5, 0.6) is 0 Å². The van der Waals surface area contributed by atoms with Gasteiger partial charge in [0, 0.05) is 5.41 Å². The van der Waals surface area contributed by atoms with Gasteiger partial charge in [-0.1, -0.05) is 141 Å². The molecule has 0 saturated carbocycles. The SMILES string of the molecule is CC1(C)c2ccccc2-c2ccc(-c3ccc4c(-c5cc6ccc7ccccc7c6c6ccccc56)cccc4c3)cc21. The molecule has 1 aliphatic rings. The van der Waals surface area contributed by atoms with Crippen molar-refractivity contribution >= 4 is 43.1 Å². The van der Waals surface area contributed by atoms with E-state index in [0.29, 0.717) is 0 Å². The lowest BCUT2D eigenvalue weighted by Crippen LogP contribution is -2.14. The fraction of sp³-hybridized carbons (Fsp3) is 0.0698. The third-order valence-corrected chi connectivity index (χ3v) is 9.84. The standard InChI is InChI=1S/C43H30/c1-43(2)40-17-8-7-14-36(40)37-23-21-29(26-41(37)43)28-20-22-32-30(24-28)11-9-16-34(32)39-25-31-19-18-27-10-3-4-12-33(27)42(31)38-15-6-5-13-35(38)39/h3-26H,1-2H3. The van der Waals surface area contributed by atoms with E-state index in [4.69, 9.17) is 0 Å². The van der Waals surface area contributed by atoms with Gasteiger partial charge in [-0.3, -0.25) is 0 Å². The van der Waals surface area contributed by atoms with Crippen molar-refractivity contribution in [1.29, 1.82) is 0 Å². The zero-order chi connectivity index (χ0) is 28.7. The monoisotopic (exact) mass is 546 g/mol. The van der Waals surface area contributed by atoms with Crippen LogP contribution in [0, 0.1) is 0 Å². The first-order chi connectivity index (χ1) is 21.1. The summed E-state index contributed by atoms with van der Waals surface area (Å²) in [5, 5.41) is 10.4. The predicted octanol–water partition coefficient (Wildman–Crippen LogP) is 11.9. The van der Waals surface area contributed by atoms with E-state index in [1.54, 1.807) is 0 Å². The fourth-order valence-corrected chi connectivity index (χ4v) is 7.68. The Morgan fingerprint density at radius 2 is 1.00 bits per heavy atom. The Labute approximate surface area is 251 Å². The molecule has 0 radical (unpaired) electrons. The van der Waals surface area contributed by atoms with Crippen molar-refractivity contribution in [3.8, 4) is 33.4 Å². The topological polar surface area (TPSA) is 0 Å². The molecule has 0 amide bonds. The van der Waals surface area contributed by atoms with Gasteiger partial charge in [0.15, 0.2) is 0 Å². The van der Waals surface area contributed by atoms with E-state index >= 15 is 0 Å². The molecule has 8 aromatic carbocycles. The van der Waals surface area contributed by atoms with E-state index in [9.17, 15) is 0 Å². The number of fused-ring (bicyclic) bond motifs is 9. The fourth-order valence-electron chi connectivity index (χ4n) is 7.68. The summed E-state index contributed by atoms with van der Waals surface area (Å²) in [4.78, 5) is 0. The van der Waals surface area contributed by atoms with Gasteiger partial charge in [-0.25, -0.2) is 0 Å². The lowest BCUT2D eigenvalue weighted by atomic mass is 9.81. The van der Waals surface area contributed by atoms with E-state index < -0.39 is 0 Å². The summed E-state index contributed by atoms with van der Waals surface area (Å²) in [6.45, 7) is 4.70. The Hall–Kier alpha value is -5.20. The highest BCUT2D eigenvalue weighted by molar-refractivity contribution is 6.24. The molecule has 0 nitrogen and oxygen atoms in total. The molecule has 0 atom stereocenters. The highest BCUT2D eigenvalue weighted by Crippen LogP contribution is 2.49. The van der Waals surface area contributed by atoms with Crippen LogP contribution in [0.25, 0.3) is 76.5 Å². The van der Waals surface area contributed by atoms with Crippen molar-refractivity contribution in [1.82, 2.24) is 0 Å². The zero-order valence-electron chi connectivity index (χ0n) is 24.4. The lowest BCUT2D eigenvalue weighted by molar-refractivity contribution is 0.660. The molecule has 9 rings (SSSR count). The number of hydrogen-bond donors (Lipinski definition) is 0. The first kappa shape index (κ1) is 24.4. The summed E-state index contributed by atoms with van der Waals surface area (Å²) in [5.41, 5.74) is 10.7. The molecule has 0 heteroatoms. The summed E-state index contributed by atoms with van der Waals surface area (Å²) in [6.07, 6.45) is 0. The van der Waals surface area contributed by atoms with E-state index in [1.165, 1.54) is 87.6 Å². The summed E-state index contributed by atoms with van der Waals surface area (Å²) >= 11 is 0. The van der Waals surface area contributed by atoms with Gasteiger partial charge in [-0.05, 0) is 106 Å². The van der Waals surface area contributed by atoms with Crippen LogP contribution in [0.15, 0.2) is 146 Å². The molecule has 0 heterocycles. The first-order valence-electron chi connectivity index (χ1n) is 15.2. The van der Waals surface area contributed by atoms with E-state index in [-0.39, 0.29) is 5.41 Å².